The largest absolute Gasteiger partial charge is 0.484 e. The third kappa shape index (κ3) is 4.84. The summed E-state index contributed by atoms with van der Waals surface area (Å²) in [5, 5.41) is 2.43. The Labute approximate surface area is 129 Å². The number of rotatable bonds is 5. The molecule has 1 N–H and O–H groups in total. The van der Waals surface area contributed by atoms with Crippen LogP contribution in [0, 0.1) is 0 Å². The van der Waals surface area contributed by atoms with Crippen LogP contribution in [0.15, 0.2) is 48.5 Å². The van der Waals surface area contributed by atoms with Crippen LogP contribution in [-0.2, 0) is 11.0 Å². The van der Waals surface area contributed by atoms with Gasteiger partial charge in [0.1, 0.15) is 12.0 Å². The van der Waals surface area contributed by atoms with E-state index in [-0.39, 0.29) is 12.3 Å². The van der Waals surface area contributed by atoms with Crippen LogP contribution in [0.1, 0.15) is 15.9 Å². The minimum Gasteiger partial charge on any atom is -0.484 e. The van der Waals surface area contributed by atoms with E-state index in [0.717, 1.165) is 12.1 Å². The van der Waals surface area contributed by atoms with Crippen molar-refractivity contribution in [2.24, 2.45) is 0 Å². The predicted octanol–water partition coefficient (Wildman–Crippen LogP) is 3.54. The number of hydrogen-bond acceptors (Lipinski definition) is 3. The molecule has 4 nitrogen and oxygen atoms in total. The molecule has 0 aliphatic carbocycles. The number of halogens is 3. The molecule has 0 radical (unpaired) electrons. The van der Waals surface area contributed by atoms with E-state index in [1.165, 1.54) is 36.4 Å². The lowest BCUT2D eigenvalue weighted by Gasteiger charge is -2.09. The third-order valence-electron chi connectivity index (χ3n) is 2.88. The van der Waals surface area contributed by atoms with E-state index in [1.807, 2.05) is 0 Å². The Hall–Kier alpha value is -2.83. The zero-order valence-electron chi connectivity index (χ0n) is 11.8. The second kappa shape index (κ2) is 6.95. The van der Waals surface area contributed by atoms with Crippen molar-refractivity contribution in [2.75, 3.05) is 11.9 Å². The molecule has 0 unspecified atom stereocenters. The number of anilines is 1. The van der Waals surface area contributed by atoms with E-state index in [1.54, 1.807) is 0 Å². The normalized spacial score (nSPS) is 10.9. The molecule has 0 heterocycles. The number of carbonyl (C=O) groups is 2. The lowest BCUT2D eigenvalue weighted by molar-refractivity contribution is -0.137. The summed E-state index contributed by atoms with van der Waals surface area (Å²) in [5.41, 5.74) is -0.0727. The molecule has 2 rings (SSSR count). The van der Waals surface area contributed by atoms with Crippen LogP contribution in [0.5, 0.6) is 5.75 Å². The molecule has 0 aliphatic heterocycles. The van der Waals surface area contributed by atoms with Gasteiger partial charge in [-0.05, 0) is 48.5 Å². The van der Waals surface area contributed by atoms with Crippen molar-refractivity contribution >= 4 is 17.9 Å². The van der Waals surface area contributed by atoms with Gasteiger partial charge in [0.05, 0.1) is 5.56 Å². The summed E-state index contributed by atoms with van der Waals surface area (Å²) in [6, 6.07) is 10.2. The van der Waals surface area contributed by atoms with Crippen molar-refractivity contribution < 1.29 is 27.5 Å². The molecule has 2 aromatic carbocycles. The van der Waals surface area contributed by atoms with Gasteiger partial charge in [0, 0.05) is 11.3 Å². The molecule has 0 atom stereocenters. The number of aldehydes is 1. The molecule has 1 amide bonds. The summed E-state index contributed by atoms with van der Waals surface area (Å²) in [4.78, 5) is 22.2. The minimum atomic E-state index is -4.42. The number of benzene rings is 2. The van der Waals surface area contributed by atoms with Crippen LogP contribution in [0.2, 0.25) is 0 Å². The zero-order valence-corrected chi connectivity index (χ0v) is 11.8. The van der Waals surface area contributed by atoms with E-state index in [4.69, 9.17) is 4.74 Å². The van der Waals surface area contributed by atoms with E-state index >= 15 is 0 Å². The van der Waals surface area contributed by atoms with Crippen molar-refractivity contribution in [2.45, 2.75) is 6.18 Å². The van der Waals surface area contributed by atoms with Gasteiger partial charge in [-0.15, -0.1) is 0 Å². The highest BCUT2D eigenvalue weighted by Gasteiger charge is 2.29. The fourth-order valence-electron chi connectivity index (χ4n) is 1.73. The maximum Gasteiger partial charge on any atom is 0.416 e. The van der Waals surface area contributed by atoms with Gasteiger partial charge in [0.25, 0.3) is 5.91 Å². The maximum atomic E-state index is 12.4. The van der Waals surface area contributed by atoms with E-state index in [9.17, 15) is 22.8 Å². The fourth-order valence-corrected chi connectivity index (χ4v) is 1.73. The standard InChI is InChI=1S/C16H12F3NO3/c17-16(18,19)12-3-5-13(6-4-12)20-15(22)10-23-14-7-1-11(9-21)2-8-14/h1-9H,10H2,(H,20,22). The first-order valence-corrected chi connectivity index (χ1v) is 6.53. The first-order chi connectivity index (χ1) is 10.9. The Bertz CT molecular complexity index is 679. The minimum absolute atomic E-state index is 0.239. The monoisotopic (exact) mass is 323 g/mol. The number of ether oxygens (including phenoxy) is 1. The summed E-state index contributed by atoms with van der Waals surface area (Å²) >= 11 is 0. The number of alkyl halides is 3. The van der Waals surface area contributed by atoms with Gasteiger partial charge < -0.3 is 10.1 Å². The highest BCUT2D eigenvalue weighted by Crippen LogP contribution is 2.29. The molecule has 0 saturated carbocycles. The summed E-state index contributed by atoms with van der Waals surface area (Å²) in [5.74, 6) is -0.109. The maximum absolute atomic E-state index is 12.4. The van der Waals surface area contributed by atoms with Gasteiger partial charge in [-0.3, -0.25) is 9.59 Å². The molecular weight excluding hydrogens is 311 g/mol. The fraction of sp³-hybridized carbons (Fsp3) is 0.125. The molecule has 0 bridgehead atoms. The molecule has 23 heavy (non-hydrogen) atoms. The molecule has 2 aromatic rings. The molecule has 0 aromatic heterocycles. The van der Waals surface area contributed by atoms with Crippen molar-refractivity contribution in [3.05, 3.63) is 59.7 Å². The van der Waals surface area contributed by atoms with E-state index in [0.29, 0.717) is 17.6 Å². The van der Waals surface area contributed by atoms with Crippen LogP contribution >= 0.6 is 0 Å². The summed E-state index contributed by atoms with van der Waals surface area (Å²) in [6.07, 6.45) is -3.74. The molecule has 0 saturated heterocycles. The number of nitrogens with one attached hydrogen (secondary N) is 1. The summed E-state index contributed by atoms with van der Waals surface area (Å²) in [7, 11) is 0. The molecule has 7 heteroatoms. The Kier molecular flexibility index (Phi) is 5.00. The van der Waals surface area contributed by atoms with Gasteiger partial charge in [0.2, 0.25) is 0 Å². The molecule has 120 valence electrons. The lowest BCUT2D eigenvalue weighted by Crippen LogP contribution is -2.20. The second-order valence-corrected chi connectivity index (χ2v) is 4.60. The Morgan fingerprint density at radius 2 is 1.65 bits per heavy atom. The molecule has 0 aliphatic rings. The SMILES string of the molecule is O=Cc1ccc(OCC(=O)Nc2ccc(C(F)(F)F)cc2)cc1. The van der Waals surface area contributed by atoms with Crippen molar-refractivity contribution in [1.29, 1.82) is 0 Å². The lowest BCUT2D eigenvalue weighted by atomic mass is 10.2. The molecular formula is C16H12F3NO3. The second-order valence-electron chi connectivity index (χ2n) is 4.60. The van der Waals surface area contributed by atoms with Crippen molar-refractivity contribution in [3.63, 3.8) is 0 Å². The van der Waals surface area contributed by atoms with Gasteiger partial charge in [-0.25, -0.2) is 0 Å². The molecule has 0 fully saturated rings. The van der Waals surface area contributed by atoms with Gasteiger partial charge in [-0.2, -0.15) is 13.2 Å². The Morgan fingerprint density at radius 3 is 2.17 bits per heavy atom. The highest BCUT2D eigenvalue weighted by atomic mass is 19.4. The third-order valence-corrected chi connectivity index (χ3v) is 2.88. The quantitative estimate of drug-likeness (QED) is 0.856. The van der Waals surface area contributed by atoms with Crippen LogP contribution in [0.4, 0.5) is 18.9 Å². The summed E-state index contributed by atoms with van der Waals surface area (Å²) in [6.45, 7) is -0.304. The van der Waals surface area contributed by atoms with Crippen LogP contribution in [0.3, 0.4) is 0 Å². The zero-order chi connectivity index (χ0) is 16.9. The van der Waals surface area contributed by atoms with Gasteiger partial charge >= 0.3 is 6.18 Å². The van der Waals surface area contributed by atoms with E-state index in [2.05, 4.69) is 5.32 Å². The average molecular weight is 323 g/mol. The topological polar surface area (TPSA) is 55.4 Å². The highest BCUT2D eigenvalue weighted by molar-refractivity contribution is 5.91. The van der Waals surface area contributed by atoms with Gasteiger partial charge in [0.15, 0.2) is 6.61 Å². The number of carbonyl (C=O) groups excluding carboxylic acids is 2. The first-order valence-electron chi connectivity index (χ1n) is 6.53. The predicted molar refractivity (Wildman–Crippen MR) is 77.4 cm³/mol. The average Bonchev–Trinajstić information content (AvgIpc) is 2.53. The van der Waals surface area contributed by atoms with Crippen molar-refractivity contribution in [3.8, 4) is 5.75 Å². The Morgan fingerprint density at radius 1 is 1.04 bits per heavy atom. The number of hydrogen-bond donors (Lipinski definition) is 1. The van der Waals surface area contributed by atoms with Crippen LogP contribution in [-0.4, -0.2) is 18.8 Å². The van der Waals surface area contributed by atoms with Crippen LogP contribution in [0.25, 0.3) is 0 Å². The molecule has 0 spiro atoms. The number of amides is 1. The Balaban J connectivity index is 1.87. The summed E-state index contributed by atoms with van der Waals surface area (Å²) < 4.78 is 42.5. The first kappa shape index (κ1) is 16.5. The van der Waals surface area contributed by atoms with Gasteiger partial charge in [-0.1, -0.05) is 0 Å². The smallest absolute Gasteiger partial charge is 0.416 e. The van der Waals surface area contributed by atoms with Crippen molar-refractivity contribution in [1.82, 2.24) is 0 Å². The van der Waals surface area contributed by atoms with E-state index < -0.39 is 17.6 Å². The van der Waals surface area contributed by atoms with Crippen LogP contribution < -0.4 is 10.1 Å².